The third-order valence-corrected chi connectivity index (χ3v) is 5.06. The number of ether oxygens (including phenoxy) is 1. The number of carbonyl (C=O) groups excluding carboxylic acids is 1. The minimum Gasteiger partial charge on any atom is -0.444 e. The van der Waals surface area contributed by atoms with Gasteiger partial charge in [-0.2, -0.15) is 0 Å². The minimum atomic E-state index is -0.437. The summed E-state index contributed by atoms with van der Waals surface area (Å²) in [5.41, 5.74) is 0.793. The van der Waals surface area contributed by atoms with Gasteiger partial charge in [-0.25, -0.2) is 4.79 Å². The third-order valence-electron chi connectivity index (χ3n) is 3.95. The summed E-state index contributed by atoms with van der Waals surface area (Å²) in [6, 6.07) is 2.71. The van der Waals surface area contributed by atoms with Crippen LogP contribution in [-0.4, -0.2) is 35.7 Å². The highest BCUT2D eigenvalue weighted by atomic mass is 35.5. The highest BCUT2D eigenvalue weighted by Gasteiger charge is 2.25. The van der Waals surface area contributed by atoms with Crippen LogP contribution in [0.25, 0.3) is 0 Å². The smallest absolute Gasteiger partial charge is 0.410 e. The van der Waals surface area contributed by atoms with E-state index in [9.17, 15) is 4.79 Å². The summed E-state index contributed by atoms with van der Waals surface area (Å²) in [4.78, 5) is 14.0. The van der Waals surface area contributed by atoms with E-state index >= 15 is 0 Å². The number of thiophene rings is 1. The maximum absolute atomic E-state index is 12.2. The Morgan fingerprint density at radius 3 is 2.78 bits per heavy atom. The summed E-state index contributed by atoms with van der Waals surface area (Å²) in [6.07, 6.45) is 2.81. The molecule has 6 heteroatoms. The molecule has 23 heavy (non-hydrogen) atoms. The largest absolute Gasteiger partial charge is 0.444 e. The van der Waals surface area contributed by atoms with E-state index < -0.39 is 5.60 Å². The van der Waals surface area contributed by atoms with Gasteiger partial charge in [0.05, 0.1) is 4.34 Å². The molecule has 1 aromatic heterocycles. The second kappa shape index (κ2) is 7.86. The molecule has 0 spiro atoms. The third kappa shape index (κ3) is 5.98. The van der Waals surface area contributed by atoms with Crippen molar-refractivity contribution in [2.45, 2.75) is 64.6 Å². The Balaban J connectivity index is 1.85. The van der Waals surface area contributed by atoms with Gasteiger partial charge in [-0.3, -0.25) is 0 Å². The maximum Gasteiger partial charge on any atom is 0.410 e. The highest BCUT2D eigenvalue weighted by Crippen LogP contribution is 2.26. The van der Waals surface area contributed by atoms with Crippen molar-refractivity contribution in [1.29, 1.82) is 0 Å². The van der Waals surface area contributed by atoms with Crippen LogP contribution in [0, 0.1) is 0 Å². The molecule has 1 amide bonds. The average Bonchev–Trinajstić information content (AvgIpc) is 2.73. The summed E-state index contributed by atoms with van der Waals surface area (Å²) in [5, 5.41) is 5.77. The van der Waals surface area contributed by atoms with E-state index in [2.05, 4.69) is 17.6 Å². The van der Waals surface area contributed by atoms with Crippen molar-refractivity contribution >= 4 is 29.0 Å². The van der Waals surface area contributed by atoms with Gasteiger partial charge < -0.3 is 15.0 Å². The van der Waals surface area contributed by atoms with Crippen molar-refractivity contribution in [3.63, 3.8) is 0 Å². The van der Waals surface area contributed by atoms with Crippen molar-refractivity contribution in [2.75, 3.05) is 13.1 Å². The van der Waals surface area contributed by atoms with Crippen LogP contribution in [0.15, 0.2) is 11.4 Å². The molecule has 0 aliphatic carbocycles. The quantitative estimate of drug-likeness (QED) is 0.840. The number of nitrogens with zero attached hydrogens (tertiary/aromatic N) is 1. The number of halogens is 1. The maximum atomic E-state index is 12.2. The molecule has 2 heterocycles. The molecule has 0 aromatic carbocycles. The Kier molecular flexibility index (Phi) is 6.34. The van der Waals surface area contributed by atoms with Crippen molar-refractivity contribution in [2.24, 2.45) is 0 Å². The predicted molar refractivity (Wildman–Crippen MR) is 96.3 cm³/mol. The molecule has 1 aliphatic rings. The van der Waals surface area contributed by atoms with Crippen molar-refractivity contribution in [1.82, 2.24) is 10.2 Å². The first-order chi connectivity index (χ1) is 10.7. The van der Waals surface area contributed by atoms with Crippen LogP contribution in [0.3, 0.4) is 0 Å². The molecule has 2 unspecified atom stereocenters. The number of rotatable bonds is 3. The van der Waals surface area contributed by atoms with E-state index in [1.807, 2.05) is 31.7 Å². The van der Waals surface area contributed by atoms with Crippen LogP contribution in [0.2, 0.25) is 4.34 Å². The molecule has 1 saturated heterocycles. The van der Waals surface area contributed by atoms with Crippen LogP contribution in [0.1, 0.15) is 58.6 Å². The van der Waals surface area contributed by atoms with Crippen LogP contribution in [0.4, 0.5) is 4.79 Å². The Morgan fingerprint density at radius 1 is 1.43 bits per heavy atom. The predicted octanol–water partition coefficient (Wildman–Crippen LogP) is 4.84. The molecule has 0 saturated carbocycles. The topological polar surface area (TPSA) is 41.6 Å². The van der Waals surface area contributed by atoms with Gasteiger partial charge in [-0.1, -0.05) is 11.6 Å². The molecular formula is C17H27ClN2O2S. The van der Waals surface area contributed by atoms with E-state index in [4.69, 9.17) is 16.3 Å². The van der Waals surface area contributed by atoms with Crippen LogP contribution >= 0.6 is 22.9 Å². The lowest BCUT2D eigenvalue weighted by Crippen LogP contribution is -2.38. The summed E-state index contributed by atoms with van der Waals surface area (Å²) in [5.74, 6) is 0. The normalized spacial score (nSPS) is 20.9. The van der Waals surface area contributed by atoms with Gasteiger partial charge in [0.1, 0.15) is 5.60 Å². The van der Waals surface area contributed by atoms with Gasteiger partial charge in [0.25, 0.3) is 0 Å². The number of hydrogen-bond acceptors (Lipinski definition) is 4. The lowest BCUT2D eigenvalue weighted by atomic mass is 10.1. The van der Waals surface area contributed by atoms with Gasteiger partial charge in [-0.15, -0.1) is 11.3 Å². The molecule has 2 atom stereocenters. The Morgan fingerprint density at radius 2 is 2.17 bits per heavy atom. The Labute approximate surface area is 148 Å². The molecule has 130 valence electrons. The first-order valence-corrected chi connectivity index (χ1v) is 9.48. The fourth-order valence-electron chi connectivity index (χ4n) is 2.77. The Hall–Kier alpha value is -0.780. The van der Waals surface area contributed by atoms with Gasteiger partial charge in [0, 0.05) is 25.2 Å². The molecule has 4 nitrogen and oxygen atoms in total. The first-order valence-electron chi connectivity index (χ1n) is 8.22. The number of amides is 1. The molecule has 1 fully saturated rings. The van der Waals surface area contributed by atoms with Crippen LogP contribution in [-0.2, 0) is 4.74 Å². The van der Waals surface area contributed by atoms with Crippen LogP contribution in [0.5, 0.6) is 0 Å². The average molecular weight is 359 g/mol. The summed E-state index contributed by atoms with van der Waals surface area (Å²) < 4.78 is 6.30. The van der Waals surface area contributed by atoms with E-state index in [0.717, 1.165) is 36.7 Å². The van der Waals surface area contributed by atoms with Crippen LogP contribution < -0.4 is 5.32 Å². The van der Waals surface area contributed by atoms with E-state index in [0.29, 0.717) is 6.04 Å². The molecule has 2 rings (SSSR count). The zero-order chi connectivity index (χ0) is 17.0. The number of likely N-dealkylation sites (tertiary alicyclic amines) is 1. The first kappa shape index (κ1) is 18.6. The van der Waals surface area contributed by atoms with E-state index in [-0.39, 0.29) is 12.1 Å². The number of carbonyl (C=O) groups is 1. The van der Waals surface area contributed by atoms with E-state index in [1.165, 1.54) is 5.56 Å². The summed E-state index contributed by atoms with van der Waals surface area (Å²) >= 11 is 7.58. The lowest BCUT2D eigenvalue weighted by Gasteiger charge is -2.26. The van der Waals surface area contributed by atoms with Gasteiger partial charge in [0.15, 0.2) is 0 Å². The molecule has 1 aliphatic heterocycles. The number of hydrogen-bond donors (Lipinski definition) is 1. The van der Waals surface area contributed by atoms with E-state index in [1.54, 1.807) is 11.3 Å². The molecule has 0 radical (unpaired) electrons. The van der Waals surface area contributed by atoms with Crippen molar-refractivity contribution in [3.05, 3.63) is 21.3 Å². The minimum absolute atomic E-state index is 0.198. The van der Waals surface area contributed by atoms with Gasteiger partial charge >= 0.3 is 6.09 Å². The second-order valence-corrected chi connectivity index (χ2v) is 8.71. The van der Waals surface area contributed by atoms with Crippen molar-refractivity contribution < 1.29 is 9.53 Å². The monoisotopic (exact) mass is 358 g/mol. The van der Waals surface area contributed by atoms with Gasteiger partial charge in [0.2, 0.25) is 0 Å². The highest BCUT2D eigenvalue weighted by molar-refractivity contribution is 7.14. The Bertz CT molecular complexity index is 527. The molecule has 1 aromatic rings. The standard InChI is InChI=1S/C17H27ClN2O2S/c1-12(13-10-15(18)23-11-13)19-14-6-5-8-20(9-7-14)16(21)22-17(2,3)4/h10-12,14,19H,5-9H2,1-4H3. The van der Waals surface area contributed by atoms with Crippen molar-refractivity contribution in [3.8, 4) is 0 Å². The molecular weight excluding hydrogens is 332 g/mol. The fraction of sp³-hybridized carbons (Fsp3) is 0.706. The number of nitrogens with one attached hydrogen (secondary N) is 1. The molecule has 0 bridgehead atoms. The zero-order valence-electron chi connectivity index (χ0n) is 14.4. The fourth-order valence-corrected chi connectivity index (χ4v) is 3.76. The molecule has 1 N–H and O–H groups in total. The SMILES string of the molecule is CC(NC1CCCN(C(=O)OC(C)(C)C)CC1)c1csc(Cl)c1. The van der Waals surface area contributed by atoms with Gasteiger partial charge in [-0.05, 0) is 64.0 Å². The summed E-state index contributed by atoms with van der Waals surface area (Å²) in [7, 11) is 0. The zero-order valence-corrected chi connectivity index (χ0v) is 16.0. The second-order valence-electron chi connectivity index (χ2n) is 7.17. The summed E-state index contributed by atoms with van der Waals surface area (Å²) in [6.45, 7) is 9.38. The lowest BCUT2D eigenvalue weighted by molar-refractivity contribution is 0.0256.